The van der Waals surface area contributed by atoms with E-state index < -0.39 is 11.8 Å². The molecule has 0 saturated carbocycles. The van der Waals surface area contributed by atoms with Crippen molar-refractivity contribution in [1.29, 1.82) is 0 Å². The van der Waals surface area contributed by atoms with Crippen LogP contribution >= 0.6 is 0 Å². The highest BCUT2D eigenvalue weighted by atomic mass is 16.3. The van der Waals surface area contributed by atoms with E-state index in [1.807, 2.05) is 0 Å². The van der Waals surface area contributed by atoms with E-state index >= 15 is 0 Å². The normalized spacial score (nSPS) is 12.4. The molecule has 0 spiro atoms. The van der Waals surface area contributed by atoms with Crippen molar-refractivity contribution in [3.63, 3.8) is 0 Å². The molecule has 4 N–H and O–H groups in total. The molecule has 0 bridgehead atoms. The third-order valence-electron chi connectivity index (χ3n) is 1.80. The predicted octanol–water partition coefficient (Wildman–Crippen LogP) is -0.0466. The number of carbonyl (C=O) groups excluding carboxylic acids is 1. The fourth-order valence-corrected chi connectivity index (χ4v) is 1.10. The lowest BCUT2D eigenvalue weighted by atomic mass is 9.99. The monoisotopic (exact) mass is 181 g/mol. The molecule has 0 heterocycles. The lowest BCUT2D eigenvalue weighted by Gasteiger charge is -2.09. The number of hydrogen-bond donors (Lipinski definition) is 3. The van der Waals surface area contributed by atoms with Gasteiger partial charge >= 0.3 is 0 Å². The van der Waals surface area contributed by atoms with E-state index in [9.17, 15) is 4.79 Å². The number of phenolic OH excluding ortho intramolecular Hbond substituents is 1. The summed E-state index contributed by atoms with van der Waals surface area (Å²) >= 11 is 0. The Balaban J connectivity index is 2.98. The Morgan fingerprint density at radius 2 is 2.23 bits per heavy atom. The number of phenols is 1. The minimum Gasteiger partial charge on any atom is -0.508 e. The van der Waals surface area contributed by atoms with Crippen molar-refractivity contribution in [3.8, 4) is 5.75 Å². The van der Waals surface area contributed by atoms with Gasteiger partial charge in [-0.3, -0.25) is 4.79 Å². The second kappa shape index (κ2) is 3.91. The first-order valence-electron chi connectivity index (χ1n) is 3.84. The van der Waals surface area contributed by atoms with Crippen LogP contribution in [-0.4, -0.2) is 22.7 Å². The molecule has 70 valence electrons. The van der Waals surface area contributed by atoms with Crippen molar-refractivity contribution in [2.75, 3.05) is 6.61 Å². The Morgan fingerprint density at radius 1 is 1.54 bits per heavy atom. The van der Waals surface area contributed by atoms with Crippen molar-refractivity contribution in [2.24, 2.45) is 5.73 Å². The second-order valence-electron chi connectivity index (χ2n) is 2.73. The van der Waals surface area contributed by atoms with Crippen LogP contribution in [0.4, 0.5) is 0 Å². The van der Waals surface area contributed by atoms with E-state index in [0.717, 1.165) is 0 Å². The highest BCUT2D eigenvalue weighted by molar-refractivity contribution is 5.82. The topological polar surface area (TPSA) is 83.6 Å². The van der Waals surface area contributed by atoms with Crippen LogP contribution in [0.25, 0.3) is 0 Å². The van der Waals surface area contributed by atoms with Crippen LogP contribution in [0.2, 0.25) is 0 Å². The molecule has 1 aromatic carbocycles. The number of carbonyl (C=O) groups is 1. The number of aromatic hydroxyl groups is 1. The van der Waals surface area contributed by atoms with Crippen LogP contribution in [0.1, 0.15) is 11.5 Å². The largest absolute Gasteiger partial charge is 0.508 e. The Labute approximate surface area is 75.6 Å². The molecule has 4 nitrogen and oxygen atoms in total. The molecule has 1 aromatic rings. The molecule has 0 saturated heterocycles. The van der Waals surface area contributed by atoms with E-state index in [1.54, 1.807) is 12.1 Å². The number of primary amides is 1. The third kappa shape index (κ3) is 2.19. The van der Waals surface area contributed by atoms with Crippen LogP contribution in [0.15, 0.2) is 24.3 Å². The molecule has 1 amide bonds. The van der Waals surface area contributed by atoms with Crippen LogP contribution in [-0.2, 0) is 4.79 Å². The summed E-state index contributed by atoms with van der Waals surface area (Å²) in [5.41, 5.74) is 5.57. The van der Waals surface area contributed by atoms with E-state index in [-0.39, 0.29) is 12.4 Å². The summed E-state index contributed by atoms with van der Waals surface area (Å²) in [6.45, 7) is -0.348. The minimum absolute atomic E-state index is 0.0530. The molecular formula is C9H11NO3. The molecule has 1 rings (SSSR count). The van der Waals surface area contributed by atoms with Crippen LogP contribution in [0.5, 0.6) is 5.75 Å². The van der Waals surface area contributed by atoms with Gasteiger partial charge in [0, 0.05) is 0 Å². The highest BCUT2D eigenvalue weighted by Crippen LogP contribution is 2.19. The quantitative estimate of drug-likeness (QED) is 0.611. The average molecular weight is 181 g/mol. The first-order chi connectivity index (χ1) is 6.15. The molecule has 0 aliphatic heterocycles. The molecule has 4 heteroatoms. The molecule has 0 aromatic heterocycles. The average Bonchev–Trinajstić information content (AvgIpc) is 2.04. The number of hydrogen-bond acceptors (Lipinski definition) is 3. The molecule has 0 aliphatic carbocycles. The lowest BCUT2D eigenvalue weighted by Crippen LogP contribution is -2.24. The van der Waals surface area contributed by atoms with E-state index in [4.69, 9.17) is 15.9 Å². The molecule has 1 atom stereocenters. The number of amides is 1. The Bertz CT molecular complexity index is 311. The standard InChI is InChI=1S/C9H11NO3/c10-9(13)8(5-11)6-2-1-3-7(12)4-6/h1-4,8,11-12H,5H2,(H2,10,13). The van der Waals surface area contributed by atoms with Gasteiger partial charge in [-0.25, -0.2) is 0 Å². The van der Waals surface area contributed by atoms with Crippen molar-refractivity contribution < 1.29 is 15.0 Å². The fourth-order valence-electron chi connectivity index (χ4n) is 1.10. The zero-order valence-corrected chi connectivity index (χ0v) is 6.97. The maximum Gasteiger partial charge on any atom is 0.227 e. The Kier molecular flexibility index (Phi) is 2.87. The summed E-state index contributed by atoms with van der Waals surface area (Å²) in [5, 5.41) is 18.0. The summed E-state index contributed by atoms with van der Waals surface area (Å²) in [4.78, 5) is 10.8. The lowest BCUT2D eigenvalue weighted by molar-refractivity contribution is -0.120. The Hall–Kier alpha value is -1.55. The maximum absolute atomic E-state index is 10.8. The van der Waals surface area contributed by atoms with Crippen molar-refractivity contribution >= 4 is 5.91 Å². The number of aliphatic hydroxyl groups excluding tert-OH is 1. The smallest absolute Gasteiger partial charge is 0.227 e. The summed E-state index contributed by atoms with van der Waals surface area (Å²) in [6.07, 6.45) is 0. The van der Waals surface area contributed by atoms with Crippen LogP contribution in [0, 0.1) is 0 Å². The van der Waals surface area contributed by atoms with E-state index in [0.29, 0.717) is 5.56 Å². The van der Waals surface area contributed by atoms with Gasteiger partial charge in [0.05, 0.1) is 12.5 Å². The van der Waals surface area contributed by atoms with Gasteiger partial charge in [0.15, 0.2) is 0 Å². The van der Waals surface area contributed by atoms with Crippen molar-refractivity contribution in [1.82, 2.24) is 0 Å². The van der Waals surface area contributed by atoms with Crippen LogP contribution in [0.3, 0.4) is 0 Å². The molecule has 0 fully saturated rings. The summed E-state index contributed by atoms with van der Waals surface area (Å²) in [6, 6.07) is 6.12. The highest BCUT2D eigenvalue weighted by Gasteiger charge is 2.16. The number of aliphatic hydroxyl groups is 1. The SMILES string of the molecule is NC(=O)C(CO)c1cccc(O)c1. The summed E-state index contributed by atoms with van der Waals surface area (Å²) in [5.74, 6) is -1.29. The van der Waals surface area contributed by atoms with Gasteiger partial charge in [-0.2, -0.15) is 0 Å². The first-order valence-corrected chi connectivity index (χ1v) is 3.84. The van der Waals surface area contributed by atoms with Gasteiger partial charge in [-0.1, -0.05) is 12.1 Å². The predicted molar refractivity (Wildman–Crippen MR) is 47.1 cm³/mol. The number of nitrogens with two attached hydrogens (primary N) is 1. The van der Waals surface area contributed by atoms with Gasteiger partial charge in [0.1, 0.15) is 5.75 Å². The fraction of sp³-hybridized carbons (Fsp3) is 0.222. The zero-order chi connectivity index (χ0) is 9.84. The molecule has 1 unspecified atom stereocenters. The van der Waals surface area contributed by atoms with Gasteiger partial charge in [0.25, 0.3) is 0 Å². The number of rotatable bonds is 3. The first kappa shape index (κ1) is 9.54. The minimum atomic E-state index is -0.743. The molecular weight excluding hydrogens is 170 g/mol. The van der Waals surface area contributed by atoms with Crippen molar-refractivity contribution in [2.45, 2.75) is 5.92 Å². The maximum atomic E-state index is 10.8. The van der Waals surface area contributed by atoms with Gasteiger partial charge in [-0.05, 0) is 17.7 Å². The second-order valence-corrected chi connectivity index (χ2v) is 2.73. The van der Waals surface area contributed by atoms with Gasteiger partial charge in [-0.15, -0.1) is 0 Å². The van der Waals surface area contributed by atoms with E-state index in [2.05, 4.69) is 0 Å². The molecule has 0 radical (unpaired) electrons. The van der Waals surface area contributed by atoms with Crippen molar-refractivity contribution in [3.05, 3.63) is 29.8 Å². The Morgan fingerprint density at radius 3 is 2.69 bits per heavy atom. The van der Waals surface area contributed by atoms with Gasteiger partial charge < -0.3 is 15.9 Å². The van der Waals surface area contributed by atoms with Crippen LogP contribution < -0.4 is 5.73 Å². The summed E-state index contributed by atoms with van der Waals surface area (Å²) < 4.78 is 0. The zero-order valence-electron chi connectivity index (χ0n) is 6.97. The molecule has 0 aliphatic rings. The molecule has 13 heavy (non-hydrogen) atoms. The van der Waals surface area contributed by atoms with Gasteiger partial charge in [0.2, 0.25) is 5.91 Å². The number of benzene rings is 1. The van der Waals surface area contributed by atoms with E-state index in [1.165, 1.54) is 12.1 Å². The third-order valence-corrected chi connectivity index (χ3v) is 1.80. The summed E-state index contributed by atoms with van der Waals surface area (Å²) in [7, 11) is 0.